The summed E-state index contributed by atoms with van der Waals surface area (Å²) >= 11 is 0. The molecule has 1 aliphatic rings. The van der Waals surface area contributed by atoms with Gasteiger partial charge in [-0.15, -0.1) is 0 Å². The lowest BCUT2D eigenvalue weighted by Crippen LogP contribution is -2.38. The smallest absolute Gasteiger partial charge is 0.407 e. The van der Waals surface area contributed by atoms with E-state index in [2.05, 4.69) is 15.5 Å². The van der Waals surface area contributed by atoms with Crippen LogP contribution in [-0.4, -0.2) is 35.8 Å². The first kappa shape index (κ1) is 18.3. The minimum absolute atomic E-state index is 0.150. The molecule has 1 atom stereocenters. The van der Waals surface area contributed by atoms with Gasteiger partial charge in [-0.2, -0.15) is 0 Å². The van der Waals surface area contributed by atoms with Gasteiger partial charge in [-0.25, -0.2) is 9.64 Å². The summed E-state index contributed by atoms with van der Waals surface area (Å²) in [4.78, 5) is 25.5. The fourth-order valence-corrected chi connectivity index (χ4v) is 2.31. The molecule has 9 heteroatoms. The third kappa shape index (κ3) is 4.97. The highest BCUT2D eigenvalue weighted by Crippen LogP contribution is 2.41. The number of benzene rings is 1. The average Bonchev–Trinajstić information content (AvgIpc) is 2.51. The van der Waals surface area contributed by atoms with E-state index in [4.69, 9.17) is 16.0 Å². The van der Waals surface area contributed by atoms with Crippen molar-refractivity contribution in [3.63, 3.8) is 0 Å². The topological polar surface area (TPSA) is 107 Å². The molecule has 9 nitrogen and oxygen atoms in total. The molecule has 2 rings (SSSR count). The first-order valence-electron chi connectivity index (χ1n) is 7.75. The van der Waals surface area contributed by atoms with Crippen LogP contribution in [0, 0.1) is 16.7 Å². The van der Waals surface area contributed by atoms with Gasteiger partial charge in [-0.1, -0.05) is 0 Å². The molecule has 1 aliphatic heterocycles. The number of rotatable bonds is 4. The average molecular weight is 348 g/mol. The van der Waals surface area contributed by atoms with Crippen molar-refractivity contribution < 1.29 is 19.2 Å². The van der Waals surface area contributed by atoms with E-state index in [9.17, 15) is 14.9 Å². The van der Waals surface area contributed by atoms with Crippen LogP contribution in [0.25, 0.3) is 4.85 Å². The molecule has 0 unspecified atom stereocenters. The van der Waals surface area contributed by atoms with Gasteiger partial charge in [-0.05, 0) is 33.3 Å². The normalized spacial score (nSPS) is 15.8. The molecule has 0 saturated carbocycles. The van der Waals surface area contributed by atoms with Crippen LogP contribution < -0.4 is 15.4 Å². The van der Waals surface area contributed by atoms with Gasteiger partial charge in [0.15, 0.2) is 11.4 Å². The van der Waals surface area contributed by atoms with Crippen molar-refractivity contribution >= 4 is 23.2 Å². The first-order chi connectivity index (χ1) is 11.7. The Hall–Kier alpha value is -3.02. The SMILES string of the molecule is [C-]#[N+]c1cc2c(c([N+](=O)[O-])c1)N[C@@H](CCNC(=O)OC(C)(C)C)CO2. The van der Waals surface area contributed by atoms with Crippen molar-refractivity contribution in [1.29, 1.82) is 0 Å². The monoisotopic (exact) mass is 348 g/mol. The van der Waals surface area contributed by atoms with Crippen LogP contribution in [0.1, 0.15) is 27.2 Å². The van der Waals surface area contributed by atoms with E-state index in [1.54, 1.807) is 20.8 Å². The molecule has 25 heavy (non-hydrogen) atoms. The van der Waals surface area contributed by atoms with Crippen LogP contribution in [0.3, 0.4) is 0 Å². The molecule has 1 aromatic carbocycles. The first-order valence-corrected chi connectivity index (χ1v) is 7.75. The van der Waals surface area contributed by atoms with Gasteiger partial charge < -0.3 is 20.1 Å². The maximum atomic E-state index is 11.6. The molecule has 0 aliphatic carbocycles. The number of carbonyl (C=O) groups is 1. The van der Waals surface area contributed by atoms with Crippen molar-refractivity contribution in [1.82, 2.24) is 5.32 Å². The molecular weight excluding hydrogens is 328 g/mol. The highest BCUT2D eigenvalue weighted by molar-refractivity contribution is 5.77. The van der Waals surface area contributed by atoms with Crippen LogP contribution in [0.15, 0.2) is 12.1 Å². The molecule has 0 fully saturated rings. The summed E-state index contributed by atoms with van der Waals surface area (Å²) in [7, 11) is 0. The summed E-state index contributed by atoms with van der Waals surface area (Å²) in [6.07, 6.45) is -0.0160. The summed E-state index contributed by atoms with van der Waals surface area (Å²) in [5.74, 6) is 0.288. The lowest BCUT2D eigenvalue weighted by Gasteiger charge is -2.27. The summed E-state index contributed by atoms with van der Waals surface area (Å²) in [6, 6.07) is 2.47. The van der Waals surface area contributed by atoms with E-state index in [1.165, 1.54) is 12.1 Å². The van der Waals surface area contributed by atoms with E-state index < -0.39 is 16.6 Å². The largest absolute Gasteiger partial charge is 0.490 e. The van der Waals surface area contributed by atoms with Crippen LogP contribution in [0.5, 0.6) is 5.75 Å². The number of nitro benzene ring substituents is 1. The van der Waals surface area contributed by atoms with Crippen molar-refractivity contribution in [3.05, 3.63) is 33.7 Å². The maximum absolute atomic E-state index is 11.6. The predicted octanol–water partition coefficient (Wildman–Crippen LogP) is 3.23. The number of nitrogens with zero attached hydrogens (tertiary/aromatic N) is 2. The molecule has 1 aromatic rings. The molecule has 2 N–H and O–H groups in total. The number of nitrogens with one attached hydrogen (secondary N) is 2. The van der Waals surface area contributed by atoms with Gasteiger partial charge in [0.2, 0.25) is 0 Å². The van der Waals surface area contributed by atoms with Crippen molar-refractivity contribution in [2.24, 2.45) is 0 Å². The molecule has 134 valence electrons. The lowest BCUT2D eigenvalue weighted by molar-refractivity contribution is -0.384. The number of hydrogen-bond donors (Lipinski definition) is 2. The van der Waals surface area contributed by atoms with Gasteiger partial charge in [0, 0.05) is 12.6 Å². The Morgan fingerprint density at radius 2 is 2.28 bits per heavy atom. The molecular formula is C16H20N4O5. The van der Waals surface area contributed by atoms with Gasteiger partial charge in [-0.3, -0.25) is 10.1 Å². The number of anilines is 1. The second-order valence-corrected chi connectivity index (χ2v) is 6.58. The molecule has 0 radical (unpaired) electrons. The molecule has 0 aromatic heterocycles. The van der Waals surface area contributed by atoms with Gasteiger partial charge in [0.1, 0.15) is 18.0 Å². The Morgan fingerprint density at radius 1 is 1.56 bits per heavy atom. The Morgan fingerprint density at radius 3 is 2.88 bits per heavy atom. The Bertz CT molecular complexity index is 720. The second-order valence-electron chi connectivity index (χ2n) is 6.58. The van der Waals surface area contributed by atoms with Crippen LogP contribution >= 0.6 is 0 Å². The Labute approximate surface area is 145 Å². The summed E-state index contributed by atoms with van der Waals surface area (Å²) in [5.41, 5.74) is -0.368. The summed E-state index contributed by atoms with van der Waals surface area (Å²) < 4.78 is 10.7. The Kier molecular flexibility index (Phi) is 5.32. The number of ether oxygens (including phenoxy) is 2. The van der Waals surface area contributed by atoms with Crippen LogP contribution in [-0.2, 0) is 4.74 Å². The van der Waals surface area contributed by atoms with Crippen LogP contribution in [0.4, 0.5) is 21.9 Å². The van der Waals surface area contributed by atoms with E-state index in [0.717, 1.165) is 0 Å². The van der Waals surface area contributed by atoms with Gasteiger partial charge in [0.05, 0.1) is 17.5 Å². The third-order valence-corrected chi connectivity index (χ3v) is 3.34. The number of alkyl carbamates (subject to hydrolysis) is 1. The minimum atomic E-state index is -0.573. The minimum Gasteiger partial charge on any atom is -0.490 e. The van der Waals surface area contributed by atoms with Gasteiger partial charge >= 0.3 is 6.09 Å². The second kappa shape index (κ2) is 7.25. The maximum Gasteiger partial charge on any atom is 0.407 e. The van der Waals surface area contributed by atoms with E-state index in [1.807, 2.05) is 0 Å². The predicted molar refractivity (Wildman–Crippen MR) is 91.1 cm³/mol. The zero-order chi connectivity index (χ0) is 18.6. The molecule has 0 spiro atoms. The zero-order valence-corrected chi connectivity index (χ0v) is 14.3. The lowest BCUT2D eigenvalue weighted by atomic mass is 10.1. The fourth-order valence-electron chi connectivity index (χ4n) is 2.31. The molecule has 0 bridgehead atoms. The molecule has 0 saturated heterocycles. The van der Waals surface area contributed by atoms with Crippen molar-refractivity contribution in [2.75, 3.05) is 18.5 Å². The highest BCUT2D eigenvalue weighted by Gasteiger charge is 2.27. The number of amides is 1. The standard InChI is InChI=1S/C16H20N4O5/c1-16(2,3)25-15(21)18-6-5-10-9-24-13-8-11(17-4)7-12(20(22)23)14(13)19-10/h7-8,10,19H,5-6,9H2,1-3H3,(H,18,21)/t10-/m0/s1. The fraction of sp³-hybridized carbons (Fsp3) is 0.500. The van der Waals surface area contributed by atoms with Crippen molar-refractivity contribution in [2.45, 2.75) is 38.8 Å². The van der Waals surface area contributed by atoms with E-state index in [-0.39, 0.29) is 35.5 Å². The Balaban J connectivity index is 1.98. The number of carbonyl (C=O) groups excluding carboxylic acids is 1. The quantitative estimate of drug-likeness (QED) is 0.491. The molecule has 1 heterocycles. The van der Waals surface area contributed by atoms with Crippen molar-refractivity contribution in [3.8, 4) is 5.75 Å². The number of hydrogen-bond acceptors (Lipinski definition) is 6. The number of fused-ring (bicyclic) bond motifs is 1. The summed E-state index contributed by atoms with van der Waals surface area (Å²) in [5, 5.41) is 16.9. The molecule has 1 amide bonds. The van der Waals surface area contributed by atoms with Crippen LogP contribution in [0.2, 0.25) is 0 Å². The van der Waals surface area contributed by atoms with E-state index >= 15 is 0 Å². The zero-order valence-electron chi connectivity index (χ0n) is 14.3. The van der Waals surface area contributed by atoms with Gasteiger partial charge in [0.25, 0.3) is 5.69 Å². The third-order valence-electron chi connectivity index (χ3n) is 3.34. The summed E-state index contributed by atoms with van der Waals surface area (Å²) in [6.45, 7) is 12.9. The van der Waals surface area contributed by atoms with E-state index in [0.29, 0.717) is 13.0 Å². The highest BCUT2D eigenvalue weighted by atomic mass is 16.6. The number of nitro groups is 1.